The quantitative estimate of drug-likeness (QED) is 0.757. The molecule has 0 heterocycles. The Bertz CT molecular complexity index is 308. The summed E-state index contributed by atoms with van der Waals surface area (Å²) in [6.45, 7) is 0. The maximum atomic E-state index is 12.9. The predicted molar refractivity (Wildman–Crippen MR) is 51.5 cm³/mol. The standard InChI is InChI=1S/C7H13FO4S2/c8-7(14(10,11)12)13(9)6-4-2-1-3-5-6/h6-7H,1-5H2,(H,10,11,12). The molecule has 4 nitrogen and oxygen atoms in total. The first-order valence-electron chi connectivity index (χ1n) is 4.42. The predicted octanol–water partition coefficient (Wildman–Crippen LogP) is 1.21. The molecular weight excluding hydrogens is 231 g/mol. The monoisotopic (exact) mass is 244 g/mol. The average Bonchev–Trinajstić information content (AvgIpc) is 2.15. The maximum Gasteiger partial charge on any atom is 0.310 e. The zero-order chi connectivity index (χ0) is 10.8. The molecule has 0 aromatic rings. The molecule has 2 atom stereocenters. The van der Waals surface area contributed by atoms with Crippen LogP contribution in [0.25, 0.3) is 0 Å². The lowest BCUT2D eigenvalue weighted by atomic mass is 10.0. The highest BCUT2D eigenvalue weighted by Gasteiger charge is 2.34. The number of rotatable bonds is 3. The Balaban J connectivity index is 2.64. The van der Waals surface area contributed by atoms with Crippen LogP contribution >= 0.6 is 0 Å². The van der Waals surface area contributed by atoms with Crippen LogP contribution in [0.3, 0.4) is 0 Å². The van der Waals surface area contributed by atoms with Gasteiger partial charge in [0.1, 0.15) is 0 Å². The minimum Gasteiger partial charge on any atom is -0.283 e. The van der Waals surface area contributed by atoms with Gasteiger partial charge in [-0.15, -0.1) is 0 Å². The molecule has 0 bridgehead atoms. The van der Waals surface area contributed by atoms with Crippen molar-refractivity contribution in [2.75, 3.05) is 0 Å². The summed E-state index contributed by atoms with van der Waals surface area (Å²) in [5.41, 5.74) is 0. The normalized spacial score (nSPS) is 24.4. The van der Waals surface area contributed by atoms with E-state index in [9.17, 15) is 17.0 Å². The maximum absolute atomic E-state index is 12.9. The number of halogens is 1. The van der Waals surface area contributed by atoms with Crippen LogP contribution in [-0.4, -0.2) is 27.3 Å². The molecule has 0 radical (unpaired) electrons. The van der Waals surface area contributed by atoms with E-state index in [-0.39, 0.29) is 0 Å². The van der Waals surface area contributed by atoms with Gasteiger partial charge >= 0.3 is 10.1 Å². The van der Waals surface area contributed by atoms with Crippen molar-refractivity contribution < 1.29 is 21.6 Å². The van der Waals surface area contributed by atoms with Crippen molar-refractivity contribution in [2.45, 2.75) is 42.2 Å². The second-order valence-electron chi connectivity index (χ2n) is 3.38. The zero-order valence-electron chi connectivity index (χ0n) is 7.56. The summed E-state index contributed by atoms with van der Waals surface area (Å²) in [6, 6.07) is 0. The van der Waals surface area contributed by atoms with Crippen LogP contribution < -0.4 is 0 Å². The summed E-state index contributed by atoms with van der Waals surface area (Å²) < 4.78 is 53.5. The highest BCUT2D eigenvalue weighted by molar-refractivity contribution is 8.03. The first-order valence-corrected chi connectivity index (χ1v) is 7.20. The molecule has 1 fully saturated rings. The molecule has 2 unspecified atom stereocenters. The number of hydrogen-bond donors (Lipinski definition) is 1. The highest BCUT2D eigenvalue weighted by Crippen LogP contribution is 2.25. The summed E-state index contributed by atoms with van der Waals surface area (Å²) in [4.78, 5) is -2.65. The largest absolute Gasteiger partial charge is 0.310 e. The van der Waals surface area contributed by atoms with Crippen molar-refractivity contribution in [3.8, 4) is 0 Å². The van der Waals surface area contributed by atoms with E-state index in [0.29, 0.717) is 12.8 Å². The van der Waals surface area contributed by atoms with E-state index in [4.69, 9.17) is 4.55 Å². The van der Waals surface area contributed by atoms with Gasteiger partial charge in [0.25, 0.3) is 4.84 Å². The van der Waals surface area contributed by atoms with Crippen molar-refractivity contribution in [3.05, 3.63) is 0 Å². The van der Waals surface area contributed by atoms with E-state index in [1.807, 2.05) is 0 Å². The van der Waals surface area contributed by atoms with Crippen molar-refractivity contribution in [1.82, 2.24) is 0 Å². The third-order valence-corrected chi connectivity index (χ3v) is 5.56. The number of alkyl halides is 1. The fourth-order valence-electron chi connectivity index (χ4n) is 1.57. The molecule has 1 aliphatic rings. The van der Waals surface area contributed by atoms with Crippen molar-refractivity contribution in [1.29, 1.82) is 0 Å². The van der Waals surface area contributed by atoms with Crippen molar-refractivity contribution in [2.24, 2.45) is 0 Å². The second-order valence-corrected chi connectivity index (χ2v) is 6.86. The van der Waals surface area contributed by atoms with Crippen LogP contribution in [0.1, 0.15) is 32.1 Å². The van der Waals surface area contributed by atoms with Gasteiger partial charge in [-0.25, -0.2) is 4.39 Å². The Labute approximate surface area is 85.1 Å². The summed E-state index contributed by atoms with van der Waals surface area (Å²) in [5, 5.41) is -0.430. The van der Waals surface area contributed by atoms with Gasteiger partial charge in [0.2, 0.25) is 0 Å². The average molecular weight is 244 g/mol. The van der Waals surface area contributed by atoms with Gasteiger partial charge in [-0.3, -0.25) is 8.76 Å². The van der Waals surface area contributed by atoms with E-state index >= 15 is 0 Å². The van der Waals surface area contributed by atoms with E-state index in [2.05, 4.69) is 0 Å². The Morgan fingerprint density at radius 2 is 1.79 bits per heavy atom. The summed E-state index contributed by atoms with van der Waals surface area (Å²) in [6.07, 6.45) is 3.84. The van der Waals surface area contributed by atoms with Gasteiger partial charge in [-0.2, -0.15) is 8.42 Å². The molecule has 1 aliphatic carbocycles. The topological polar surface area (TPSA) is 71.4 Å². The molecule has 0 saturated heterocycles. The molecule has 1 rings (SSSR count). The molecule has 0 amide bonds. The Morgan fingerprint density at radius 1 is 1.29 bits per heavy atom. The third-order valence-electron chi connectivity index (χ3n) is 2.30. The molecule has 7 heteroatoms. The van der Waals surface area contributed by atoms with E-state index in [1.54, 1.807) is 0 Å². The molecule has 14 heavy (non-hydrogen) atoms. The Kier molecular flexibility index (Phi) is 4.03. The van der Waals surface area contributed by atoms with Gasteiger partial charge in [0.15, 0.2) is 0 Å². The SMILES string of the molecule is O=S(C1CCCCC1)C(F)S(=O)(=O)O. The molecule has 0 aliphatic heterocycles. The summed E-state index contributed by atoms with van der Waals surface area (Å²) in [5.74, 6) is 0. The first kappa shape index (κ1) is 12.1. The lowest BCUT2D eigenvalue weighted by molar-refractivity contribution is 0.422. The van der Waals surface area contributed by atoms with Crippen LogP contribution in [0, 0.1) is 0 Å². The first-order chi connectivity index (χ1) is 6.43. The minimum absolute atomic E-state index is 0.430. The molecule has 84 valence electrons. The van der Waals surface area contributed by atoms with E-state index in [0.717, 1.165) is 19.3 Å². The van der Waals surface area contributed by atoms with Gasteiger partial charge in [-0.1, -0.05) is 19.3 Å². The fourth-order valence-corrected chi connectivity index (χ4v) is 4.10. The van der Waals surface area contributed by atoms with Gasteiger partial charge in [0.05, 0.1) is 10.8 Å². The highest BCUT2D eigenvalue weighted by atomic mass is 32.3. The van der Waals surface area contributed by atoms with E-state index in [1.165, 1.54) is 0 Å². The van der Waals surface area contributed by atoms with Crippen molar-refractivity contribution in [3.63, 3.8) is 0 Å². The molecular formula is C7H13FO4S2. The minimum atomic E-state index is -4.82. The van der Waals surface area contributed by atoms with Crippen LogP contribution in [0.2, 0.25) is 0 Å². The summed E-state index contributed by atoms with van der Waals surface area (Å²) in [7, 11) is -6.94. The van der Waals surface area contributed by atoms with E-state index < -0.39 is 31.0 Å². The van der Waals surface area contributed by atoms with Crippen molar-refractivity contribution >= 4 is 20.9 Å². The van der Waals surface area contributed by atoms with Gasteiger partial charge in [0, 0.05) is 5.25 Å². The molecule has 0 spiro atoms. The third kappa shape index (κ3) is 2.99. The van der Waals surface area contributed by atoms with Crippen LogP contribution in [0.15, 0.2) is 0 Å². The number of hydrogen-bond acceptors (Lipinski definition) is 3. The summed E-state index contributed by atoms with van der Waals surface area (Å²) >= 11 is 0. The smallest absolute Gasteiger partial charge is 0.283 e. The zero-order valence-corrected chi connectivity index (χ0v) is 9.19. The van der Waals surface area contributed by atoms with Crippen LogP contribution in [0.4, 0.5) is 4.39 Å². The molecule has 0 aromatic heterocycles. The van der Waals surface area contributed by atoms with Gasteiger partial charge < -0.3 is 0 Å². The Morgan fingerprint density at radius 3 is 2.21 bits per heavy atom. The van der Waals surface area contributed by atoms with Gasteiger partial charge in [-0.05, 0) is 12.8 Å². The molecule has 0 aromatic carbocycles. The lowest BCUT2D eigenvalue weighted by Crippen LogP contribution is -2.30. The Hall–Kier alpha value is -0.0100. The molecule has 1 saturated carbocycles. The second kappa shape index (κ2) is 4.67. The fraction of sp³-hybridized carbons (Fsp3) is 1.00. The van der Waals surface area contributed by atoms with Crippen LogP contribution in [-0.2, 0) is 20.9 Å². The molecule has 1 N–H and O–H groups in total. The lowest BCUT2D eigenvalue weighted by Gasteiger charge is -2.21. The van der Waals surface area contributed by atoms with Crippen LogP contribution in [0.5, 0.6) is 0 Å².